The number of alkyl halides is 1. The molecule has 3 fully saturated rings. The van der Waals surface area contributed by atoms with E-state index in [-0.39, 0.29) is 6.67 Å². The summed E-state index contributed by atoms with van der Waals surface area (Å²) in [4.78, 5) is 0. The van der Waals surface area contributed by atoms with Crippen LogP contribution in [0.3, 0.4) is 0 Å². The second kappa shape index (κ2) is 9.75. The van der Waals surface area contributed by atoms with Crippen molar-refractivity contribution in [1.82, 2.24) is 0 Å². The molecule has 0 amide bonds. The Morgan fingerprint density at radius 3 is 1.60 bits per heavy atom. The zero-order chi connectivity index (χ0) is 17.5. The zero-order valence-corrected chi connectivity index (χ0v) is 15.8. The summed E-state index contributed by atoms with van der Waals surface area (Å²) in [6, 6.07) is 2.47. The van der Waals surface area contributed by atoms with E-state index in [1.54, 1.807) is 0 Å². The van der Waals surface area contributed by atoms with Crippen LogP contribution < -0.4 is 0 Å². The number of rotatable bonds is 5. The van der Waals surface area contributed by atoms with Crippen molar-refractivity contribution in [3.8, 4) is 6.07 Å². The van der Waals surface area contributed by atoms with Gasteiger partial charge in [0.1, 0.15) is 0 Å². The van der Waals surface area contributed by atoms with E-state index in [4.69, 9.17) is 5.26 Å². The van der Waals surface area contributed by atoms with Crippen LogP contribution in [-0.4, -0.2) is 6.67 Å². The molecule has 0 atom stereocenters. The molecule has 3 aliphatic carbocycles. The van der Waals surface area contributed by atoms with Gasteiger partial charge in [0.25, 0.3) is 0 Å². The third-order valence-corrected chi connectivity index (χ3v) is 7.60. The van der Waals surface area contributed by atoms with E-state index in [0.717, 1.165) is 42.4 Å². The maximum absolute atomic E-state index is 12.2. The van der Waals surface area contributed by atoms with Crippen molar-refractivity contribution in [3.05, 3.63) is 12.2 Å². The van der Waals surface area contributed by atoms with Gasteiger partial charge in [-0.3, -0.25) is 4.39 Å². The van der Waals surface area contributed by atoms with Crippen molar-refractivity contribution in [3.63, 3.8) is 0 Å². The molecule has 3 saturated carbocycles. The van der Waals surface area contributed by atoms with Crippen molar-refractivity contribution in [2.45, 2.75) is 83.5 Å². The van der Waals surface area contributed by atoms with E-state index < -0.39 is 0 Å². The SMILES string of the molecule is N#CC1CCC(C2CCC([C@H]3CC[C@H](/C=C/CCF)CC3)CC2)CC1. The third kappa shape index (κ3) is 5.32. The summed E-state index contributed by atoms with van der Waals surface area (Å²) in [5.74, 6) is 4.87. The highest BCUT2D eigenvalue weighted by atomic mass is 19.1. The highest BCUT2D eigenvalue weighted by molar-refractivity contribution is 4.93. The van der Waals surface area contributed by atoms with E-state index >= 15 is 0 Å². The van der Waals surface area contributed by atoms with Crippen LogP contribution in [0.15, 0.2) is 12.2 Å². The summed E-state index contributed by atoms with van der Waals surface area (Å²) < 4.78 is 12.2. The summed E-state index contributed by atoms with van der Waals surface area (Å²) in [6.45, 7) is -0.215. The number of hydrogen-bond donors (Lipinski definition) is 0. The Balaban J connectivity index is 1.36. The molecule has 0 N–H and O–H groups in total. The molecule has 2 heteroatoms. The van der Waals surface area contributed by atoms with Gasteiger partial charge in [0.05, 0.1) is 12.7 Å². The minimum absolute atomic E-state index is 0.215. The summed E-state index contributed by atoms with van der Waals surface area (Å²) >= 11 is 0. The smallest absolute Gasteiger partial charge is 0.0928 e. The van der Waals surface area contributed by atoms with Crippen molar-refractivity contribution in [1.29, 1.82) is 5.26 Å². The van der Waals surface area contributed by atoms with Gasteiger partial charge < -0.3 is 0 Å². The van der Waals surface area contributed by atoms with Crippen LogP contribution in [0.4, 0.5) is 4.39 Å². The van der Waals surface area contributed by atoms with Gasteiger partial charge in [-0.2, -0.15) is 5.26 Å². The molecule has 0 radical (unpaired) electrons. The molecule has 0 aromatic rings. The molecule has 0 spiro atoms. The fourth-order valence-electron chi connectivity index (χ4n) is 5.97. The van der Waals surface area contributed by atoms with Crippen LogP contribution in [0.2, 0.25) is 0 Å². The van der Waals surface area contributed by atoms with Gasteiger partial charge in [-0.05, 0) is 113 Å². The average Bonchev–Trinajstić information content (AvgIpc) is 2.69. The van der Waals surface area contributed by atoms with E-state index in [0.29, 0.717) is 12.3 Å². The van der Waals surface area contributed by atoms with Crippen LogP contribution in [-0.2, 0) is 0 Å². The van der Waals surface area contributed by atoms with E-state index in [2.05, 4.69) is 18.2 Å². The molecule has 0 aliphatic heterocycles. The van der Waals surface area contributed by atoms with Crippen molar-refractivity contribution >= 4 is 0 Å². The molecule has 0 unspecified atom stereocenters. The number of allylic oxidation sites excluding steroid dienone is 2. The molecule has 0 aromatic heterocycles. The molecule has 0 heterocycles. The second-order valence-corrected chi connectivity index (χ2v) is 9.00. The molecule has 140 valence electrons. The van der Waals surface area contributed by atoms with Crippen molar-refractivity contribution in [2.24, 2.45) is 35.5 Å². The normalized spacial score (nSPS) is 40.0. The highest BCUT2D eigenvalue weighted by Crippen LogP contribution is 2.45. The fourth-order valence-corrected chi connectivity index (χ4v) is 5.97. The van der Waals surface area contributed by atoms with Gasteiger partial charge >= 0.3 is 0 Å². The number of nitrogens with zero attached hydrogens (tertiary/aromatic N) is 1. The Morgan fingerprint density at radius 2 is 1.16 bits per heavy atom. The van der Waals surface area contributed by atoms with Gasteiger partial charge in [-0.1, -0.05) is 12.2 Å². The highest BCUT2D eigenvalue weighted by Gasteiger charge is 2.34. The first-order valence-electron chi connectivity index (χ1n) is 10.9. The average molecular weight is 346 g/mol. The minimum Gasteiger partial charge on any atom is -0.251 e. The summed E-state index contributed by atoms with van der Waals surface area (Å²) in [5.41, 5.74) is 0. The molecule has 0 aromatic carbocycles. The third-order valence-electron chi connectivity index (χ3n) is 7.60. The Morgan fingerprint density at radius 1 is 0.720 bits per heavy atom. The predicted molar refractivity (Wildman–Crippen MR) is 102 cm³/mol. The molecule has 25 heavy (non-hydrogen) atoms. The Bertz CT molecular complexity index is 441. The van der Waals surface area contributed by atoms with Gasteiger partial charge in [0.15, 0.2) is 0 Å². The molecule has 0 bridgehead atoms. The van der Waals surface area contributed by atoms with Crippen LogP contribution >= 0.6 is 0 Å². The lowest BCUT2D eigenvalue weighted by Crippen LogP contribution is -2.29. The summed E-state index contributed by atoms with van der Waals surface area (Å²) in [7, 11) is 0. The number of halogens is 1. The first kappa shape index (κ1) is 18.9. The first-order valence-corrected chi connectivity index (χ1v) is 10.9. The van der Waals surface area contributed by atoms with Crippen molar-refractivity contribution < 1.29 is 4.39 Å². The number of nitriles is 1. The molecule has 3 rings (SSSR count). The van der Waals surface area contributed by atoms with Gasteiger partial charge in [0, 0.05) is 5.92 Å². The van der Waals surface area contributed by atoms with Crippen LogP contribution in [0.5, 0.6) is 0 Å². The quantitative estimate of drug-likeness (QED) is 0.500. The maximum Gasteiger partial charge on any atom is 0.0928 e. The lowest BCUT2D eigenvalue weighted by Gasteiger charge is -2.40. The number of hydrogen-bond acceptors (Lipinski definition) is 1. The van der Waals surface area contributed by atoms with Gasteiger partial charge in [0.2, 0.25) is 0 Å². The lowest BCUT2D eigenvalue weighted by molar-refractivity contribution is 0.113. The predicted octanol–water partition coefficient (Wildman–Crippen LogP) is 6.84. The Labute approximate surface area is 154 Å². The maximum atomic E-state index is 12.2. The van der Waals surface area contributed by atoms with Crippen molar-refractivity contribution in [2.75, 3.05) is 6.67 Å². The van der Waals surface area contributed by atoms with Crippen LogP contribution in [0.25, 0.3) is 0 Å². The summed E-state index contributed by atoms with van der Waals surface area (Å²) in [6.07, 6.45) is 21.1. The molecule has 0 saturated heterocycles. The van der Waals surface area contributed by atoms with E-state index in [9.17, 15) is 4.39 Å². The second-order valence-electron chi connectivity index (χ2n) is 9.00. The molecular formula is C23H36FN. The Hall–Kier alpha value is -0.840. The standard InChI is InChI=1S/C23H36FN/c24-16-2-1-3-18-4-8-20(9-5-18)22-12-14-23(15-13-22)21-10-6-19(17-25)7-11-21/h1,3,18-23H,2,4-16H2/b3-1+/t18-,19?,20-,21?,22?,23?. The topological polar surface area (TPSA) is 23.8 Å². The van der Waals surface area contributed by atoms with Gasteiger partial charge in [-0.25, -0.2) is 0 Å². The van der Waals surface area contributed by atoms with Crippen LogP contribution in [0, 0.1) is 46.8 Å². The van der Waals surface area contributed by atoms with Gasteiger partial charge in [-0.15, -0.1) is 0 Å². The molecule has 1 nitrogen and oxygen atoms in total. The minimum atomic E-state index is -0.215. The molecular weight excluding hydrogens is 309 g/mol. The van der Waals surface area contributed by atoms with Crippen LogP contribution in [0.1, 0.15) is 83.5 Å². The van der Waals surface area contributed by atoms with E-state index in [1.165, 1.54) is 64.2 Å². The largest absolute Gasteiger partial charge is 0.251 e. The monoisotopic (exact) mass is 345 g/mol. The lowest BCUT2D eigenvalue weighted by atomic mass is 9.65. The fraction of sp³-hybridized carbons (Fsp3) is 0.870. The molecule has 3 aliphatic rings. The first-order chi connectivity index (χ1) is 12.3. The van der Waals surface area contributed by atoms with E-state index in [1.807, 2.05) is 0 Å². The Kier molecular flexibility index (Phi) is 7.38. The summed E-state index contributed by atoms with van der Waals surface area (Å²) in [5, 5.41) is 9.07. The zero-order valence-electron chi connectivity index (χ0n) is 15.8.